The molecule has 5 heterocycles. The molecule has 2 unspecified atom stereocenters. The van der Waals surface area contributed by atoms with Crippen LogP contribution in [0.1, 0.15) is 39.8 Å². The van der Waals surface area contributed by atoms with Crippen LogP contribution in [0.5, 0.6) is 5.75 Å². The van der Waals surface area contributed by atoms with E-state index in [2.05, 4.69) is 15.3 Å². The minimum absolute atomic E-state index is 0.127. The van der Waals surface area contributed by atoms with Crippen LogP contribution >= 0.6 is 0 Å². The summed E-state index contributed by atoms with van der Waals surface area (Å²) in [6, 6.07) is 0.152. The van der Waals surface area contributed by atoms with Gasteiger partial charge in [-0.1, -0.05) is 0 Å². The van der Waals surface area contributed by atoms with E-state index < -0.39 is 41.3 Å². The number of urea groups is 1. The Labute approximate surface area is 228 Å². The molecule has 1 aromatic rings. The predicted octanol–water partition coefficient (Wildman–Crippen LogP) is 1.53. The summed E-state index contributed by atoms with van der Waals surface area (Å²) in [4.78, 5) is 38.2. The SMILES string of the molecule is C[C@@H](NC(=O)C1=NC(C)(c2ncccc2OC[C@H]2COC(C)(C)O2)C2=C(N1)N(C(N)=O)C1CCN2C1)C(F)(F)F. The summed E-state index contributed by atoms with van der Waals surface area (Å²) < 4.78 is 57.3. The first kappa shape index (κ1) is 28.0. The second-order valence-corrected chi connectivity index (χ2v) is 10.8. The van der Waals surface area contributed by atoms with Gasteiger partial charge in [0.2, 0.25) is 0 Å². The highest BCUT2D eigenvalue weighted by Gasteiger charge is 2.52. The fourth-order valence-corrected chi connectivity index (χ4v) is 5.49. The van der Waals surface area contributed by atoms with Crippen LogP contribution in [0.2, 0.25) is 0 Å². The van der Waals surface area contributed by atoms with Gasteiger partial charge in [0.25, 0.3) is 5.91 Å². The normalized spacial score (nSPS) is 28.0. The number of aliphatic imine (C=N–C) groups is 1. The Balaban J connectivity index is 1.56. The van der Waals surface area contributed by atoms with Crippen LogP contribution in [-0.2, 0) is 19.8 Å². The van der Waals surface area contributed by atoms with E-state index in [9.17, 15) is 22.8 Å². The number of alkyl halides is 3. The van der Waals surface area contributed by atoms with Crippen molar-refractivity contribution in [1.82, 2.24) is 25.4 Å². The number of fused-ring (bicyclic) bond motifs is 3. The summed E-state index contributed by atoms with van der Waals surface area (Å²) in [7, 11) is 0. The Morgan fingerprint density at radius 2 is 2.10 bits per heavy atom. The number of aromatic nitrogens is 1. The highest BCUT2D eigenvalue weighted by Crippen LogP contribution is 2.46. The molecular formula is C25H32F3N7O5. The van der Waals surface area contributed by atoms with E-state index in [1.165, 1.54) is 11.1 Å². The number of amides is 3. The molecule has 0 aliphatic carbocycles. The van der Waals surface area contributed by atoms with Gasteiger partial charge < -0.3 is 35.5 Å². The number of halogens is 3. The van der Waals surface area contributed by atoms with Crippen LogP contribution in [0.3, 0.4) is 0 Å². The van der Waals surface area contributed by atoms with Crippen molar-refractivity contribution < 1.29 is 37.0 Å². The summed E-state index contributed by atoms with van der Waals surface area (Å²) in [5.74, 6) is -1.77. The Morgan fingerprint density at radius 1 is 1.35 bits per heavy atom. The molecule has 4 atom stereocenters. The molecule has 0 radical (unpaired) electrons. The number of nitrogens with one attached hydrogen (secondary N) is 2. The number of amidine groups is 1. The summed E-state index contributed by atoms with van der Waals surface area (Å²) in [6.45, 7) is 7.58. The Hall–Kier alpha value is -3.59. The molecule has 3 amide bonds. The monoisotopic (exact) mass is 567 g/mol. The number of nitrogens with zero attached hydrogens (tertiary/aromatic N) is 4. The van der Waals surface area contributed by atoms with Crippen molar-refractivity contribution in [3.63, 3.8) is 0 Å². The van der Waals surface area contributed by atoms with E-state index in [1.54, 1.807) is 32.9 Å². The molecule has 0 aromatic carbocycles. The third-order valence-electron chi connectivity index (χ3n) is 7.36. The summed E-state index contributed by atoms with van der Waals surface area (Å²) in [5, 5.41) is 4.73. The van der Waals surface area contributed by atoms with Crippen LogP contribution < -0.4 is 21.1 Å². The molecule has 0 spiro atoms. The zero-order chi connectivity index (χ0) is 29.0. The molecule has 4 N–H and O–H groups in total. The van der Waals surface area contributed by atoms with Crippen molar-refractivity contribution >= 4 is 17.8 Å². The number of primary amides is 1. The van der Waals surface area contributed by atoms with Gasteiger partial charge in [-0.05, 0) is 46.2 Å². The molecule has 218 valence electrons. The van der Waals surface area contributed by atoms with E-state index in [0.717, 1.165) is 6.92 Å². The molecule has 4 aliphatic rings. The number of pyridine rings is 1. The number of nitrogens with two attached hydrogens (primary N) is 1. The molecule has 0 saturated carbocycles. The molecule has 15 heteroatoms. The Morgan fingerprint density at radius 3 is 2.75 bits per heavy atom. The van der Waals surface area contributed by atoms with Gasteiger partial charge in [0, 0.05) is 19.3 Å². The number of hydrogen-bond donors (Lipinski definition) is 3. The van der Waals surface area contributed by atoms with Crippen molar-refractivity contribution in [2.75, 3.05) is 26.3 Å². The second-order valence-electron chi connectivity index (χ2n) is 10.8. The lowest BCUT2D eigenvalue weighted by Crippen LogP contribution is -2.60. The number of ether oxygens (including phenoxy) is 3. The molecule has 40 heavy (non-hydrogen) atoms. The minimum Gasteiger partial charge on any atom is -0.489 e. The first-order valence-electron chi connectivity index (χ1n) is 12.9. The van der Waals surface area contributed by atoms with Crippen molar-refractivity contribution in [2.24, 2.45) is 10.7 Å². The Kier molecular flexibility index (Phi) is 6.85. The van der Waals surface area contributed by atoms with Gasteiger partial charge in [-0.2, -0.15) is 13.2 Å². The number of rotatable bonds is 6. The molecule has 2 bridgehead atoms. The van der Waals surface area contributed by atoms with Crippen LogP contribution in [0.4, 0.5) is 18.0 Å². The standard InChI is InChI=1S/C25H32F3N7O5/c1-13(25(26,27)28)31-21(36)19-32-20-18(34-9-7-14(10-34)35(20)22(29)37)24(4,33-19)17-16(6-5-8-30-17)38-11-15-12-39-23(2,3)40-15/h5-6,8,13-15H,7,9-12H2,1-4H3,(H2,29,37)(H,31,36)(H,32,33)/t13-,14?,15+,24?/m1/s1. The van der Waals surface area contributed by atoms with Gasteiger partial charge in [0.15, 0.2) is 11.6 Å². The van der Waals surface area contributed by atoms with E-state index in [-0.39, 0.29) is 24.6 Å². The van der Waals surface area contributed by atoms with Crippen molar-refractivity contribution in [3.8, 4) is 5.75 Å². The zero-order valence-corrected chi connectivity index (χ0v) is 22.5. The molecule has 2 fully saturated rings. The van der Waals surface area contributed by atoms with Gasteiger partial charge in [0.1, 0.15) is 41.6 Å². The van der Waals surface area contributed by atoms with E-state index in [1.807, 2.05) is 10.2 Å². The van der Waals surface area contributed by atoms with Crippen LogP contribution in [-0.4, -0.2) is 89.0 Å². The quantitative estimate of drug-likeness (QED) is 0.470. The van der Waals surface area contributed by atoms with Crippen molar-refractivity contribution in [2.45, 2.75) is 69.8 Å². The third-order valence-corrected chi connectivity index (χ3v) is 7.36. The maximum atomic E-state index is 13.2. The van der Waals surface area contributed by atoms with E-state index >= 15 is 0 Å². The lowest BCUT2D eigenvalue weighted by molar-refractivity contribution is -0.156. The largest absolute Gasteiger partial charge is 0.489 e. The Bertz CT molecular complexity index is 1270. The average Bonchev–Trinajstić information content (AvgIpc) is 3.44. The third kappa shape index (κ3) is 5.03. The van der Waals surface area contributed by atoms with Crippen LogP contribution in [0, 0.1) is 0 Å². The zero-order valence-electron chi connectivity index (χ0n) is 22.5. The number of carbonyl (C=O) groups is 2. The fraction of sp³-hybridized carbons (Fsp3) is 0.600. The van der Waals surface area contributed by atoms with Gasteiger partial charge in [-0.3, -0.25) is 14.7 Å². The van der Waals surface area contributed by atoms with E-state index in [4.69, 9.17) is 19.9 Å². The van der Waals surface area contributed by atoms with Crippen molar-refractivity contribution in [1.29, 1.82) is 0 Å². The smallest absolute Gasteiger partial charge is 0.408 e. The fourth-order valence-electron chi connectivity index (χ4n) is 5.49. The van der Waals surface area contributed by atoms with Gasteiger partial charge in [-0.25, -0.2) is 9.79 Å². The molecular weight excluding hydrogens is 535 g/mol. The molecule has 5 rings (SSSR count). The lowest BCUT2D eigenvalue weighted by Gasteiger charge is -2.46. The van der Waals surface area contributed by atoms with Gasteiger partial charge >= 0.3 is 12.2 Å². The first-order valence-corrected chi connectivity index (χ1v) is 12.9. The van der Waals surface area contributed by atoms with Crippen molar-refractivity contribution in [3.05, 3.63) is 35.5 Å². The molecule has 1 aromatic heterocycles. The maximum absolute atomic E-state index is 13.2. The second kappa shape index (κ2) is 9.80. The maximum Gasteiger partial charge on any atom is 0.408 e. The summed E-state index contributed by atoms with van der Waals surface area (Å²) in [5.41, 5.74) is 5.11. The number of hydrogen-bond acceptors (Lipinski definition) is 9. The van der Waals surface area contributed by atoms with Gasteiger partial charge in [0.05, 0.1) is 18.3 Å². The topological polar surface area (TPSA) is 144 Å². The van der Waals surface area contributed by atoms with Gasteiger partial charge in [-0.15, -0.1) is 0 Å². The minimum atomic E-state index is -4.67. The number of carbonyl (C=O) groups excluding carboxylic acids is 2. The van der Waals surface area contributed by atoms with Crippen LogP contribution in [0.25, 0.3) is 0 Å². The molecule has 4 aliphatic heterocycles. The molecule has 12 nitrogen and oxygen atoms in total. The summed E-state index contributed by atoms with van der Waals surface area (Å²) in [6.07, 6.45) is -2.90. The van der Waals surface area contributed by atoms with Crippen LogP contribution in [0.15, 0.2) is 34.8 Å². The molecule has 2 saturated heterocycles. The highest BCUT2D eigenvalue weighted by molar-refractivity contribution is 6.38. The van der Waals surface area contributed by atoms with E-state index in [0.29, 0.717) is 43.3 Å². The lowest BCUT2D eigenvalue weighted by atomic mass is 9.89. The predicted molar refractivity (Wildman–Crippen MR) is 135 cm³/mol. The highest BCUT2D eigenvalue weighted by atomic mass is 19.4. The average molecular weight is 568 g/mol. The first-order chi connectivity index (χ1) is 18.7. The summed E-state index contributed by atoms with van der Waals surface area (Å²) >= 11 is 0.